The van der Waals surface area contributed by atoms with E-state index in [0.717, 1.165) is 6.54 Å². The van der Waals surface area contributed by atoms with Crippen molar-refractivity contribution in [2.24, 2.45) is 0 Å². The molecule has 3 heterocycles. The van der Waals surface area contributed by atoms with Crippen LogP contribution < -0.4 is 10.9 Å². The number of pyridine rings is 1. The molecule has 0 saturated carbocycles. The molecule has 2 aliphatic rings. The summed E-state index contributed by atoms with van der Waals surface area (Å²) < 4.78 is 1.54. The van der Waals surface area contributed by atoms with Crippen molar-refractivity contribution in [1.29, 1.82) is 0 Å². The molecule has 3 rings (SSSR count). The van der Waals surface area contributed by atoms with E-state index in [1.54, 1.807) is 32.7 Å². The molecule has 2 saturated heterocycles. The highest BCUT2D eigenvalue weighted by Gasteiger charge is 2.39. The molecule has 1 N–H and O–H groups in total. The van der Waals surface area contributed by atoms with Gasteiger partial charge < -0.3 is 19.7 Å². The topological polar surface area (TPSA) is 74.7 Å². The molecule has 0 radical (unpaired) electrons. The molecule has 2 amide bonds. The monoisotopic (exact) mass is 290 g/mol. The van der Waals surface area contributed by atoms with Crippen molar-refractivity contribution in [3.05, 3.63) is 34.7 Å². The Morgan fingerprint density at radius 3 is 2.81 bits per heavy atom. The zero-order valence-electron chi connectivity index (χ0n) is 11.7. The van der Waals surface area contributed by atoms with Crippen LogP contribution in [-0.2, 0) is 16.1 Å². The lowest BCUT2D eigenvalue weighted by molar-refractivity contribution is -0.159. The van der Waals surface area contributed by atoms with Crippen LogP contribution in [0.15, 0.2) is 29.2 Å². The van der Waals surface area contributed by atoms with Crippen molar-refractivity contribution >= 4 is 11.8 Å². The summed E-state index contributed by atoms with van der Waals surface area (Å²) >= 11 is 0. The van der Waals surface area contributed by atoms with E-state index in [4.69, 9.17) is 0 Å². The zero-order chi connectivity index (χ0) is 14.8. The lowest BCUT2D eigenvalue weighted by Crippen LogP contribution is -2.65. The average molecular weight is 290 g/mol. The molecule has 21 heavy (non-hydrogen) atoms. The molecular formula is C14H18N4O3. The summed E-state index contributed by atoms with van der Waals surface area (Å²) in [7, 11) is 0. The van der Waals surface area contributed by atoms with Gasteiger partial charge in [0, 0.05) is 51.5 Å². The summed E-state index contributed by atoms with van der Waals surface area (Å²) in [6.45, 7) is 3.33. The highest BCUT2D eigenvalue weighted by Crippen LogP contribution is 2.13. The lowest BCUT2D eigenvalue weighted by atomic mass is 10.1. The number of fused-ring (bicyclic) bond motifs is 1. The van der Waals surface area contributed by atoms with Crippen molar-refractivity contribution in [3.63, 3.8) is 0 Å². The smallest absolute Gasteiger partial charge is 0.312 e. The van der Waals surface area contributed by atoms with Crippen LogP contribution in [0.1, 0.15) is 0 Å². The predicted octanol–water partition coefficient (Wildman–Crippen LogP) is -1.51. The number of rotatable bonds is 3. The van der Waals surface area contributed by atoms with Crippen LogP contribution in [0.2, 0.25) is 0 Å². The van der Waals surface area contributed by atoms with Crippen LogP contribution in [0.3, 0.4) is 0 Å². The Kier molecular flexibility index (Phi) is 3.74. The first-order valence-corrected chi connectivity index (χ1v) is 7.13. The molecule has 112 valence electrons. The Bertz CT molecular complexity index is 612. The molecule has 0 spiro atoms. The molecule has 0 aliphatic carbocycles. The van der Waals surface area contributed by atoms with Gasteiger partial charge in [-0.3, -0.25) is 14.4 Å². The maximum Gasteiger partial charge on any atom is 0.312 e. The number of piperazine rings is 2. The first-order valence-electron chi connectivity index (χ1n) is 7.13. The van der Waals surface area contributed by atoms with Gasteiger partial charge in [0.25, 0.3) is 5.56 Å². The summed E-state index contributed by atoms with van der Waals surface area (Å²) in [6.07, 6.45) is 1.69. The second-order valence-electron chi connectivity index (χ2n) is 5.34. The van der Waals surface area contributed by atoms with Gasteiger partial charge >= 0.3 is 11.8 Å². The Hall–Kier alpha value is -2.15. The average Bonchev–Trinajstić information content (AvgIpc) is 2.51. The quantitative estimate of drug-likeness (QED) is 0.687. The van der Waals surface area contributed by atoms with Crippen LogP contribution in [0.4, 0.5) is 0 Å². The Balaban J connectivity index is 1.68. The highest BCUT2D eigenvalue weighted by atomic mass is 16.2. The van der Waals surface area contributed by atoms with Gasteiger partial charge in [0.1, 0.15) is 0 Å². The van der Waals surface area contributed by atoms with E-state index in [1.807, 2.05) is 0 Å². The summed E-state index contributed by atoms with van der Waals surface area (Å²) in [5.74, 6) is -0.884. The van der Waals surface area contributed by atoms with E-state index in [0.29, 0.717) is 32.7 Å². The summed E-state index contributed by atoms with van der Waals surface area (Å²) in [4.78, 5) is 39.0. The largest absolute Gasteiger partial charge is 0.331 e. The minimum atomic E-state index is -0.461. The number of nitrogens with zero attached hydrogens (tertiary/aromatic N) is 3. The fourth-order valence-electron chi connectivity index (χ4n) is 2.85. The van der Waals surface area contributed by atoms with E-state index in [-0.39, 0.29) is 11.6 Å². The van der Waals surface area contributed by atoms with Gasteiger partial charge in [0.05, 0.1) is 6.04 Å². The SMILES string of the molecule is O=C1C(=O)N2CCNCC2CN1CCn1ccccc1=O. The molecular weight excluding hydrogens is 272 g/mol. The summed E-state index contributed by atoms with van der Waals surface area (Å²) in [5, 5.41) is 3.24. The molecule has 7 nitrogen and oxygen atoms in total. The fourth-order valence-corrected chi connectivity index (χ4v) is 2.85. The van der Waals surface area contributed by atoms with Gasteiger partial charge in [-0.1, -0.05) is 6.07 Å². The van der Waals surface area contributed by atoms with Gasteiger partial charge in [-0.15, -0.1) is 0 Å². The van der Waals surface area contributed by atoms with Gasteiger partial charge in [-0.05, 0) is 6.07 Å². The molecule has 1 aromatic heterocycles. The van der Waals surface area contributed by atoms with E-state index < -0.39 is 11.8 Å². The van der Waals surface area contributed by atoms with Gasteiger partial charge in [0.2, 0.25) is 0 Å². The highest BCUT2D eigenvalue weighted by molar-refractivity contribution is 6.35. The molecule has 2 aliphatic heterocycles. The van der Waals surface area contributed by atoms with Crippen molar-refractivity contribution in [2.45, 2.75) is 12.6 Å². The predicted molar refractivity (Wildman–Crippen MR) is 75.7 cm³/mol. The maximum absolute atomic E-state index is 12.1. The first kappa shape index (κ1) is 13.8. The van der Waals surface area contributed by atoms with Crippen LogP contribution in [0.25, 0.3) is 0 Å². The number of carbonyl (C=O) groups is 2. The number of carbonyl (C=O) groups excluding carboxylic acids is 2. The summed E-state index contributed by atoms with van der Waals surface area (Å²) in [6, 6.07) is 4.98. The third kappa shape index (κ3) is 2.69. The van der Waals surface area contributed by atoms with Gasteiger partial charge in [-0.25, -0.2) is 0 Å². The van der Waals surface area contributed by atoms with E-state index in [2.05, 4.69) is 5.32 Å². The molecule has 1 aromatic rings. The number of hydrogen-bond donors (Lipinski definition) is 1. The number of nitrogens with one attached hydrogen (secondary N) is 1. The molecule has 0 aromatic carbocycles. The van der Waals surface area contributed by atoms with Crippen LogP contribution >= 0.6 is 0 Å². The molecule has 0 bridgehead atoms. The number of amides is 2. The molecule has 2 fully saturated rings. The normalized spacial score (nSPS) is 22.4. The number of aromatic nitrogens is 1. The van der Waals surface area contributed by atoms with E-state index in [9.17, 15) is 14.4 Å². The summed E-state index contributed by atoms with van der Waals surface area (Å²) in [5.41, 5.74) is -0.103. The molecule has 1 atom stereocenters. The van der Waals surface area contributed by atoms with Crippen LogP contribution in [-0.4, -0.2) is 64.9 Å². The van der Waals surface area contributed by atoms with Gasteiger partial charge in [0.15, 0.2) is 0 Å². The standard InChI is InChI=1S/C14H18N4O3/c19-12-3-1-2-5-16(12)7-8-17-10-11-9-15-4-6-18(11)14(21)13(17)20/h1-3,5,11,15H,4,6-10H2. The van der Waals surface area contributed by atoms with Gasteiger partial charge in [-0.2, -0.15) is 0 Å². The van der Waals surface area contributed by atoms with Crippen molar-refractivity contribution in [1.82, 2.24) is 19.7 Å². The zero-order valence-corrected chi connectivity index (χ0v) is 11.7. The first-order chi connectivity index (χ1) is 10.2. The minimum absolute atomic E-state index is 0.0384. The second kappa shape index (κ2) is 5.69. The maximum atomic E-state index is 12.1. The van der Waals surface area contributed by atoms with Crippen LogP contribution in [0, 0.1) is 0 Å². The fraction of sp³-hybridized carbons (Fsp3) is 0.500. The van der Waals surface area contributed by atoms with Crippen molar-refractivity contribution in [3.8, 4) is 0 Å². The van der Waals surface area contributed by atoms with Crippen molar-refractivity contribution < 1.29 is 9.59 Å². The van der Waals surface area contributed by atoms with Crippen LogP contribution in [0.5, 0.6) is 0 Å². The molecule has 1 unspecified atom stereocenters. The Morgan fingerprint density at radius 1 is 1.14 bits per heavy atom. The van der Waals surface area contributed by atoms with E-state index in [1.165, 1.54) is 6.07 Å². The second-order valence-corrected chi connectivity index (χ2v) is 5.34. The number of hydrogen-bond acceptors (Lipinski definition) is 4. The van der Waals surface area contributed by atoms with E-state index >= 15 is 0 Å². The van der Waals surface area contributed by atoms with Crippen molar-refractivity contribution in [2.75, 3.05) is 32.7 Å². The Morgan fingerprint density at radius 2 is 2.00 bits per heavy atom. The Labute approximate surface area is 122 Å². The minimum Gasteiger partial charge on any atom is -0.331 e. The molecule has 7 heteroatoms. The third-order valence-electron chi connectivity index (χ3n) is 4.02. The third-order valence-corrected chi connectivity index (χ3v) is 4.02. The lowest BCUT2D eigenvalue weighted by Gasteiger charge is -2.43.